The summed E-state index contributed by atoms with van der Waals surface area (Å²) in [6.45, 7) is 2.84. The standard InChI is InChI=1S/C9H13FN2O2S/c1-2-12-6-7-5-8(15(11,13)14)3-4-9(7)10/h3-5,12H,2,6H2,1H3,(H2,11,13,14). The molecule has 3 N–H and O–H groups in total. The summed E-state index contributed by atoms with van der Waals surface area (Å²) in [5.41, 5.74) is 0.295. The minimum absolute atomic E-state index is 0.0724. The maximum atomic E-state index is 13.2. The van der Waals surface area contributed by atoms with Crippen molar-refractivity contribution in [3.8, 4) is 0 Å². The summed E-state index contributed by atoms with van der Waals surface area (Å²) in [4.78, 5) is -0.0724. The molecule has 0 aliphatic carbocycles. The number of rotatable bonds is 4. The van der Waals surface area contributed by atoms with Crippen molar-refractivity contribution in [1.82, 2.24) is 5.32 Å². The highest BCUT2D eigenvalue weighted by atomic mass is 32.2. The van der Waals surface area contributed by atoms with Crippen molar-refractivity contribution in [2.24, 2.45) is 5.14 Å². The SMILES string of the molecule is CCNCc1cc(S(N)(=O)=O)ccc1F. The zero-order chi connectivity index (χ0) is 11.5. The molecule has 0 bridgehead atoms. The first-order valence-electron chi connectivity index (χ1n) is 4.47. The molecule has 0 aliphatic heterocycles. The van der Waals surface area contributed by atoms with Gasteiger partial charge in [0, 0.05) is 12.1 Å². The fourth-order valence-corrected chi connectivity index (χ4v) is 1.69. The summed E-state index contributed by atoms with van der Waals surface area (Å²) < 4.78 is 35.2. The van der Waals surface area contributed by atoms with E-state index in [1.807, 2.05) is 6.92 Å². The van der Waals surface area contributed by atoms with Crippen LogP contribution in [0.5, 0.6) is 0 Å². The molecule has 0 heterocycles. The van der Waals surface area contributed by atoms with Crippen molar-refractivity contribution < 1.29 is 12.8 Å². The van der Waals surface area contributed by atoms with E-state index in [1.165, 1.54) is 6.07 Å². The Labute approximate surface area is 88.3 Å². The number of primary sulfonamides is 1. The second kappa shape index (κ2) is 4.69. The molecule has 0 atom stereocenters. The van der Waals surface area contributed by atoms with E-state index in [2.05, 4.69) is 5.32 Å². The number of benzene rings is 1. The Balaban J connectivity index is 3.06. The maximum Gasteiger partial charge on any atom is 0.238 e. The quantitative estimate of drug-likeness (QED) is 0.797. The fourth-order valence-electron chi connectivity index (χ4n) is 1.12. The van der Waals surface area contributed by atoms with Crippen LogP contribution < -0.4 is 10.5 Å². The van der Waals surface area contributed by atoms with Crippen LogP contribution in [0.3, 0.4) is 0 Å². The summed E-state index contributed by atoms with van der Waals surface area (Å²) in [6.07, 6.45) is 0. The highest BCUT2D eigenvalue weighted by molar-refractivity contribution is 7.89. The molecule has 0 spiro atoms. The Hall–Kier alpha value is -0.980. The molecular weight excluding hydrogens is 219 g/mol. The van der Waals surface area contributed by atoms with Gasteiger partial charge in [0.05, 0.1) is 4.90 Å². The second-order valence-electron chi connectivity index (χ2n) is 3.08. The fraction of sp³-hybridized carbons (Fsp3) is 0.333. The van der Waals surface area contributed by atoms with Gasteiger partial charge in [-0.25, -0.2) is 17.9 Å². The van der Waals surface area contributed by atoms with E-state index in [9.17, 15) is 12.8 Å². The molecule has 6 heteroatoms. The molecule has 0 fully saturated rings. The number of hydrogen-bond acceptors (Lipinski definition) is 3. The van der Waals surface area contributed by atoms with Gasteiger partial charge in [-0.2, -0.15) is 0 Å². The van der Waals surface area contributed by atoms with Crippen LogP contribution in [0.15, 0.2) is 23.1 Å². The first kappa shape index (κ1) is 12.1. The zero-order valence-electron chi connectivity index (χ0n) is 8.33. The largest absolute Gasteiger partial charge is 0.313 e. The maximum absolute atomic E-state index is 13.2. The van der Waals surface area contributed by atoms with Gasteiger partial charge in [-0.3, -0.25) is 0 Å². The minimum Gasteiger partial charge on any atom is -0.313 e. The van der Waals surface area contributed by atoms with Gasteiger partial charge in [-0.15, -0.1) is 0 Å². The molecule has 1 aromatic carbocycles. The van der Waals surface area contributed by atoms with E-state index < -0.39 is 15.8 Å². The lowest BCUT2D eigenvalue weighted by Crippen LogP contribution is -2.16. The molecule has 1 rings (SSSR count). The lowest BCUT2D eigenvalue weighted by atomic mass is 10.2. The predicted molar refractivity (Wildman–Crippen MR) is 55.2 cm³/mol. The Kier molecular flexibility index (Phi) is 3.78. The number of hydrogen-bond donors (Lipinski definition) is 2. The van der Waals surface area contributed by atoms with Crippen LogP contribution in [0.4, 0.5) is 4.39 Å². The van der Waals surface area contributed by atoms with E-state index in [0.29, 0.717) is 12.1 Å². The molecule has 0 radical (unpaired) electrons. The molecule has 0 aromatic heterocycles. The van der Waals surface area contributed by atoms with Gasteiger partial charge in [0.25, 0.3) is 0 Å². The third kappa shape index (κ3) is 3.26. The van der Waals surface area contributed by atoms with Gasteiger partial charge >= 0.3 is 0 Å². The number of halogens is 1. The highest BCUT2D eigenvalue weighted by Crippen LogP contribution is 2.13. The Morgan fingerprint density at radius 1 is 1.47 bits per heavy atom. The number of nitrogens with one attached hydrogen (secondary N) is 1. The van der Waals surface area contributed by atoms with Crippen LogP contribution in [-0.2, 0) is 16.6 Å². The third-order valence-corrected chi connectivity index (χ3v) is 2.82. The van der Waals surface area contributed by atoms with Crippen molar-refractivity contribution in [3.05, 3.63) is 29.6 Å². The first-order valence-corrected chi connectivity index (χ1v) is 6.01. The van der Waals surface area contributed by atoms with E-state index in [1.54, 1.807) is 0 Å². The van der Waals surface area contributed by atoms with E-state index in [-0.39, 0.29) is 11.4 Å². The molecule has 15 heavy (non-hydrogen) atoms. The molecule has 0 unspecified atom stereocenters. The molecule has 0 saturated carbocycles. The first-order chi connectivity index (χ1) is 6.95. The van der Waals surface area contributed by atoms with Crippen LogP contribution in [0.2, 0.25) is 0 Å². The van der Waals surface area contributed by atoms with Gasteiger partial charge in [-0.05, 0) is 24.7 Å². The normalized spacial score (nSPS) is 11.7. The molecule has 84 valence electrons. The second-order valence-corrected chi connectivity index (χ2v) is 4.64. The molecule has 4 nitrogen and oxygen atoms in total. The predicted octanol–water partition coefficient (Wildman–Crippen LogP) is 0.583. The zero-order valence-corrected chi connectivity index (χ0v) is 9.14. The minimum atomic E-state index is -3.76. The molecular formula is C9H13FN2O2S. The van der Waals surface area contributed by atoms with Crippen molar-refractivity contribution in [2.45, 2.75) is 18.4 Å². The van der Waals surface area contributed by atoms with Gasteiger partial charge in [0.15, 0.2) is 0 Å². The number of sulfonamides is 1. The van der Waals surface area contributed by atoms with Crippen molar-refractivity contribution >= 4 is 10.0 Å². The van der Waals surface area contributed by atoms with Crippen LogP contribution in [0.1, 0.15) is 12.5 Å². The average molecular weight is 232 g/mol. The van der Waals surface area contributed by atoms with Crippen LogP contribution >= 0.6 is 0 Å². The number of nitrogens with two attached hydrogens (primary N) is 1. The van der Waals surface area contributed by atoms with Gasteiger partial charge < -0.3 is 5.32 Å². The van der Waals surface area contributed by atoms with Gasteiger partial charge in [-0.1, -0.05) is 6.92 Å². The monoisotopic (exact) mass is 232 g/mol. The van der Waals surface area contributed by atoms with Crippen molar-refractivity contribution in [3.63, 3.8) is 0 Å². The van der Waals surface area contributed by atoms with Crippen LogP contribution in [0, 0.1) is 5.82 Å². The summed E-state index contributed by atoms with van der Waals surface area (Å²) in [5, 5.41) is 7.84. The smallest absolute Gasteiger partial charge is 0.238 e. The van der Waals surface area contributed by atoms with Crippen molar-refractivity contribution in [2.75, 3.05) is 6.54 Å². The van der Waals surface area contributed by atoms with Crippen LogP contribution in [-0.4, -0.2) is 15.0 Å². The Morgan fingerprint density at radius 3 is 2.67 bits per heavy atom. The van der Waals surface area contributed by atoms with Gasteiger partial charge in [0.1, 0.15) is 5.82 Å². The summed E-state index contributed by atoms with van der Waals surface area (Å²) in [5.74, 6) is -0.441. The molecule has 0 amide bonds. The summed E-state index contributed by atoms with van der Waals surface area (Å²) >= 11 is 0. The van der Waals surface area contributed by atoms with Crippen LogP contribution in [0.25, 0.3) is 0 Å². The molecule has 0 aliphatic rings. The molecule has 1 aromatic rings. The van der Waals surface area contributed by atoms with Crippen molar-refractivity contribution in [1.29, 1.82) is 0 Å². The lowest BCUT2D eigenvalue weighted by Gasteiger charge is -2.05. The summed E-state index contributed by atoms with van der Waals surface area (Å²) in [6, 6.07) is 3.50. The summed E-state index contributed by atoms with van der Waals surface area (Å²) in [7, 11) is -3.76. The third-order valence-electron chi connectivity index (χ3n) is 1.91. The Morgan fingerprint density at radius 2 is 2.13 bits per heavy atom. The lowest BCUT2D eigenvalue weighted by molar-refractivity contribution is 0.585. The average Bonchev–Trinajstić information content (AvgIpc) is 2.15. The van der Waals surface area contributed by atoms with E-state index in [0.717, 1.165) is 12.1 Å². The van der Waals surface area contributed by atoms with Gasteiger partial charge in [0.2, 0.25) is 10.0 Å². The van der Waals surface area contributed by atoms with E-state index in [4.69, 9.17) is 5.14 Å². The van der Waals surface area contributed by atoms with E-state index >= 15 is 0 Å². The topological polar surface area (TPSA) is 72.2 Å². The molecule has 0 saturated heterocycles. The highest BCUT2D eigenvalue weighted by Gasteiger charge is 2.10. The Bertz CT molecular complexity index is 445.